The lowest BCUT2D eigenvalue weighted by Gasteiger charge is -2.58. The number of carbonyl (C=O) groups excluding carboxylic acids is 2. The third kappa shape index (κ3) is 4.03. The zero-order valence-electron chi connectivity index (χ0n) is 18.0. The maximum absolute atomic E-state index is 12.8. The largest absolute Gasteiger partial charge is 0.394 e. The van der Waals surface area contributed by atoms with Crippen molar-refractivity contribution in [2.75, 3.05) is 19.7 Å². The van der Waals surface area contributed by atoms with Gasteiger partial charge in [0.1, 0.15) is 12.2 Å². The quantitative estimate of drug-likeness (QED) is 0.616. The Morgan fingerprint density at radius 2 is 1.76 bits per heavy atom. The molecule has 7 heteroatoms. The molecule has 0 saturated carbocycles. The highest BCUT2D eigenvalue weighted by atomic mass is 16.3. The normalized spacial score (nSPS) is 22.2. The van der Waals surface area contributed by atoms with E-state index in [2.05, 4.69) is 22.1 Å². The molecule has 5 rings (SSSR count). The zero-order chi connectivity index (χ0) is 22.8. The Hall–Kier alpha value is -3.84. The fourth-order valence-corrected chi connectivity index (χ4v) is 4.81. The summed E-state index contributed by atoms with van der Waals surface area (Å²) in [4.78, 5) is 36.9. The molecule has 0 unspecified atom stereocenters. The Kier molecular flexibility index (Phi) is 5.71. The molecule has 3 aromatic rings. The summed E-state index contributed by atoms with van der Waals surface area (Å²) < 4.78 is 0. The zero-order valence-corrected chi connectivity index (χ0v) is 18.0. The van der Waals surface area contributed by atoms with Crippen LogP contribution in [0.15, 0.2) is 73.2 Å². The molecule has 0 spiro atoms. The van der Waals surface area contributed by atoms with Gasteiger partial charge >= 0.3 is 0 Å². The van der Waals surface area contributed by atoms with Crippen LogP contribution < -0.4 is 0 Å². The first-order valence-electron chi connectivity index (χ1n) is 11.0. The number of hydrogen-bond acceptors (Lipinski definition) is 5. The SMILES string of the molecule is O=C(c1cnccn1)N1CC(=O)N2[C@H](CO)[C@@H](c3ccc(C=Cc4ccccc4)cc3)[C@H]2C1. The Balaban J connectivity index is 1.34. The Bertz CT molecular complexity index is 1170. The number of hydrogen-bond donors (Lipinski definition) is 1. The van der Waals surface area contributed by atoms with Gasteiger partial charge in [0.2, 0.25) is 5.91 Å². The van der Waals surface area contributed by atoms with Crippen molar-refractivity contribution in [2.24, 2.45) is 0 Å². The second kappa shape index (κ2) is 8.96. The van der Waals surface area contributed by atoms with Gasteiger partial charge in [-0.1, -0.05) is 66.7 Å². The van der Waals surface area contributed by atoms with Gasteiger partial charge in [-0.15, -0.1) is 0 Å². The van der Waals surface area contributed by atoms with Gasteiger partial charge in [-0.2, -0.15) is 0 Å². The van der Waals surface area contributed by atoms with Gasteiger partial charge in [0.15, 0.2) is 0 Å². The highest BCUT2D eigenvalue weighted by Gasteiger charge is 2.54. The molecule has 2 aliphatic rings. The van der Waals surface area contributed by atoms with E-state index in [1.807, 2.05) is 54.6 Å². The smallest absolute Gasteiger partial charge is 0.274 e. The van der Waals surface area contributed by atoms with Crippen molar-refractivity contribution in [3.63, 3.8) is 0 Å². The van der Waals surface area contributed by atoms with Crippen molar-refractivity contribution >= 4 is 24.0 Å². The molecule has 2 fully saturated rings. The number of piperazine rings is 1. The lowest BCUT2D eigenvalue weighted by molar-refractivity contribution is -0.159. The predicted molar refractivity (Wildman–Crippen MR) is 124 cm³/mol. The third-order valence-corrected chi connectivity index (χ3v) is 6.41. The third-order valence-electron chi connectivity index (χ3n) is 6.41. The minimum Gasteiger partial charge on any atom is -0.394 e. The first kappa shape index (κ1) is 21.0. The van der Waals surface area contributed by atoms with Crippen LogP contribution in [0.4, 0.5) is 0 Å². The van der Waals surface area contributed by atoms with E-state index >= 15 is 0 Å². The fraction of sp³-hybridized carbons (Fsp3) is 0.231. The summed E-state index contributed by atoms with van der Waals surface area (Å²) in [6, 6.07) is 17.8. The molecular weight excluding hydrogens is 416 g/mol. The number of benzene rings is 2. The Labute approximate surface area is 192 Å². The molecule has 0 radical (unpaired) electrons. The van der Waals surface area contributed by atoms with Crippen molar-refractivity contribution in [3.05, 3.63) is 95.6 Å². The first-order chi connectivity index (χ1) is 16.2. The summed E-state index contributed by atoms with van der Waals surface area (Å²) in [6.07, 6.45) is 8.50. The van der Waals surface area contributed by atoms with Gasteiger partial charge in [0.05, 0.1) is 24.9 Å². The van der Waals surface area contributed by atoms with Crippen LogP contribution in [0.1, 0.15) is 33.1 Å². The van der Waals surface area contributed by atoms with Gasteiger partial charge in [-0.05, 0) is 16.7 Å². The number of nitrogens with zero attached hydrogens (tertiary/aromatic N) is 4. The summed E-state index contributed by atoms with van der Waals surface area (Å²) in [6.45, 7) is 0.275. The highest BCUT2D eigenvalue weighted by molar-refractivity contribution is 5.96. The lowest BCUT2D eigenvalue weighted by atomic mass is 9.73. The van der Waals surface area contributed by atoms with Crippen molar-refractivity contribution in [2.45, 2.75) is 18.0 Å². The average molecular weight is 441 g/mol. The van der Waals surface area contributed by atoms with Crippen molar-refractivity contribution in [1.29, 1.82) is 0 Å². The lowest BCUT2D eigenvalue weighted by Crippen LogP contribution is -2.73. The first-order valence-corrected chi connectivity index (χ1v) is 11.0. The number of aliphatic hydroxyl groups excluding tert-OH is 1. The maximum atomic E-state index is 12.8. The molecule has 33 heavy (non-hydrogen) atoms. The molecule has 7 nitrogen and oxygen atoms in total. The van der Waals surface area contributed by atoms with E-state index in [-0.39, 0.29) is 48.7 Å². The van der Waals surface area contributed by atoms with Crippen LogP contribution in [0.5, 0.6) is 0 Å². The summed E-state index contributed by atoms with van der Waals surface area (Å²) in [5.74, 6) is -0.492. The van der Waals surface area contributed by atoms with Crippen molar-refractivity contribution in [3.8, 4) is 0 Å². The van der Waals surface area contributed by atoms with Gasteiger partial charge in [0, 0.05) is 24.9 Å². The average Bonchev–Trinajstić information content (AvgIpc) is 2.85. The second-order valence-electron chi connectivity index (χ2n) is 8.33. The minimum absolute atomic E-state index is 0.0155. The minimum atomic E-state index is -0.302. The van der Waals surface area contributed by atoms with Crippen LogP contribution in [0.3, 0.4) is 0 Å². The molecule has 2 amide bonds. The van der Waals surface area contributed by atoms with E-state index in [0.717, 1.165) is 16.7 Å². The van der Waals surface area contributed by atoms with Gasteiger partial charge in [-0.25, -0.2) is 4.98 Å². The van der Waals surface area contributed by atoms with E-state index in [1.165, 1.54) is 23.5 Å². The number of amides is 2. The van der Waals surface area contributed by atoms with Crippen molar-refractivity contribution < 1.29 is 14.7 Å². The number of aromatic nitrogens is 2. The maximum Gasteiger partial charge on any atom is 0.274 e. The molecule has 1 N–H and O–H groups in total. The van der Waals surface area contributed by atoms with Crippen LogP contribution in [-0.2, 0) is 4.79 Å². The molecule has 3 atom stereocenters. The molecule has 166 valence electrons. The van der Waals surface area contributed by atoms with Crippen LogP contribution in [-0.4, -0.2) is 68.5 Å². The van der Waals surface area contributed by atoms with Gasteiger partial charge < -0.3 is 14.9 Å². The number of rotatable bonds is 5. The number of aliphatic hydroxyl groups is 1. The molecule has 0 aliphatic carbocycles. The standard InChI is InChI=1S/C26H24N4O3/c31-17-23-25(20-10-8-19(9-11-20)7-6-18-4-2-1-3-5-18)22-15-29(16-24(32)30(22)23)26(33)21-14-27-12-13-28-21/h1-14,22-23,25,31H,15-17H2/t22-,23-,25+/m1/s1. The Morgan fingerprint density at radius 3 is 2.42 bits per heavy atom. The topological polar surface area (TPSA) is 86.6 Å². The molecule has 2 aliphatic heterocycles. The fourth-order valence-electron chi connectivity index (χ4n) is 4.81. The molecule has 2 saturated heterocycles. The summed E-state index contributed by atoms with van der Waals surface area (Å²) in [5.41, 5.74) is 3.47. The molecule has 1 aromatic heterocycles. The monoisotopic (exact) mass is 440 g/mol. The molecular formula is C26H24N4O3. The van der Waals surface area contributed by atoms with Gasteiger partial charge in [-0.3, -0.25) is 14.6 Å². The highest BCUT2D eigenvalue weighted by Crippen LogP contribution is 2.43. The van der Waals surface area contributed by atoms with Crippen LogP contribution in [0.2, 0.25) is 0 Å². The van der Waals surface area contributed by atoms with E-state index in [9.17, 15) is 14.7 Å². The molecule has 3 heterocycles. The van der Waals surface area contributed by atoms with Crippen molar-refractivity contribution in [1.82, 2.24) is 19.8 Å². The van der Waals surface area contributed by atoms with Gasteiger partial charge in [0.25, 0.3) is 5.91 Å². The number of carbonyl (C=O) groups is 2. The van der Waals surface area contributed by atoms with Crippen LogP contribution in [0.25, 0.3) is 12.2 Å². The predicted octanol–water partition coefficient (Wildman–Crippen LogP) is 2.46. The van der Waals surface area contributed by atoms with E-state index < -0.39 is 0 Å². The van der Waals surface area contributed by atoms with Crippen LogP contribution in [0, 0.1) is 0 Å². The molecule has 0 bridgehead atoms. The van der Waals surface area contributed by atoms with E-state index in [1.54, 1.807) is 4.90 Å². The second-order valence-corrected chi connectivity index (χ2v) is 8.33. The van der Waals surface area contributed by atoms with E-state index in [0.29, 0.717) is 6.54 Å². The molecule has 2 aromatic carbocycles. The summed E-state index contributed by atoms with van der Waals surface area (Å²) >= 11 is 0. The number of fused-ring (bicyclic) bond motifs is 1. The summed E-state index contributed by atoms with van der Waals surface area (Å²) in [7, 11) is 0. The van der Waals surface area contributed by atoms with E-state index in [4.69, 9.17) is 0 Å². The van der Waals surface area contributed by atoms with Crippen LogP contribution >= 0.6 is 0 Å². The summed E-state index contributed by atoms with van der Waals surface area (Å²) in [5, 5.41) is 9.99. The Morgan fingerprint density at radius 1 is 1.03 bits per heavy atom.